The Morgan fingerprint density at radius 1 is 1.10 bits per heavy atom. The minimum Gasteiger partial charge on any atom is -0.339 e. The fourth-order valence-corrected chi connectivity index (χ4v) is 1.85. The van der Waals surface area contributed by atoms with Crippen LogP contribution in [0.4, 0.5) is 0 Å². The topological polar surface area (TPSA) is 67.9 Å². The first-order valence-electron chi connectivity index (χ1n) is 6.00. The summed E-state index contributed by atoms with van der Waals surface area (Å²) < 4.78 is 0. The Balaban J connectivity index is 2.25. The molecule has 0 radical (unpaired) electrons. The van der Waals surface area contributed by atoms with Crippen LogP contribution in [0.25, 0.3) is 0 Å². The van der Waals surface area contributed by atoms with Gasteiger partial charge in [-0.15, -0.1) is 0 Å². The highest BCUT2D eigenvalue weighted by Crippen LogP contribution is 2.17. The van der Waals surface area contributed by atoms with Gasteiger partial charge in [-0.05, 0) is 12.2 Å². The molecule has 0 atom stereocenters. The molecule has 1 aromatic rings. The Morgan fingerprint density at radius 2 is 1.80 bits per heavy atom. The number of Topliss-reactive ketones (excluding diaryl/α,β-unsaturated/α-hetero) is 1. The van der Waals surface area contributed by atoms with Crippen molar-refractivity contribution in [2.24, 2.45) is 0 Å². The van der Waals surface area contributed by atoms with E-state index in [1.807, 2.05) is 18.2 Å². The summed E-state index contributed by atoms with van der Waals surface area (Å²) in [6, 6.07) is 12.6. The molecule has 1 aromatic carbocycles. The van der Waals surface area contributed by atoms with E-state index < -0.39 is 0 Å². The van der Waals surface area contributed by atoms with Crippen molar-refractivity contribution in [3.05, 3.63) is 71.6 Å². The number of carbonyl (C=O) groups is 1. The SMILES string of the molecule is N#CC(C#N)=C1C=CC=CN1CC(=O)c1ccccc1. The number of hydrogen-bond donors (Lipinski definition) is 0. The van der Waals surface area contributed by atoms with Crippen molar-refractivity contribution in [1.82, 2.24) is 4.90 Å². The molecule has 0 saturated heterocycles. The summed E-state index contributed by atoms with van der Waals surface area (Å²) in [7, 11) is 0. The van der Waals surface area contributed by atoms with E-state index in [1.165, 1.54) is 0 Å². The maximum Gasteiger partial charge on any atom is 0.182 e. The van der Waals surface area contributed by atoms with Crippen molar-refractivity contribution in [3.8, 4) is 12.1 Å². The van der Waals surface area contributed by atoms with Gasteiger partial charge in [-0.2, -0.15) is 10.5 Å². The van der Waals surface area contributed by atoms with Gasteiger partial charge < -0.3 is 4.90 Å². The first-order valence-corrected chi connectivity index (χ1v) is 6.00. The van der Waals surface area contributed by atoms with E-state index in [1.54, 1.807) is 53.6 Å². The van der Waals surface area contributed by atoms with Crippen molar-refractivity contribution in [3.63, 3.8) is 0 Å². The molecular weight excluding hydrogens is 250 g/mol. The fraction of sp³-hybridized carbons (Fsp3) is 0.0625. The van der Waals surface area contributed by atoms with Gasteiger partial charge in [-0.3, -0.25) is 4.79 Å². The summed E-state index contributed by atoms with van der Waals surface area (Å²) >= 11 is 0. The summed E-state index contributed by atoms with van der Waals surface area (Å²) in [5.74, 6) is -0.0710. The fourth-order valence-electron chi connectivity index (χ4n) is 1.85. The number of nitriles is 2. The molecule has 20 heavy (non-hydrogen) atoms. The van der Waals surface area contributed by atoms with Crippen LogP contribution in [-0.4, -0.2) is 17.2 Å². The molecule has 1 heterocycles. The first-order chi connectivity index (χ1) is 9.76. The lowest BCUT2D eigenvalue weighted by Gasteiger charge is -2.22. The van der Waals surface area contributed by atoms with Crippen LogP contribution in [0.5, 0.6) is 0 Å². The largest absolute Gasteiger partial charge is 0.339 e. The molecule has 0 unspecified atom stereocenters. The zero-order valence-corrected chi connectivity index (χ0v) is 10.7. The summed E-state index contributed by atoms with van der Waals surface area (Å²) in [5.41, 5.74) is 1.04. The van der Waals surface area contributed by atoms with Crippen LogP contribution in [0.3, 0.4) is 0 Å². The van der Waals surface area contributed by atoms with Gasteiger partial charge in [0.05, 0.1) is 12.2 Å². The lowest BCUT2D eigenvalue weighted by atomic mass is 10.1. The normalized spacial score (nSPS) is 12.7. The molecule has 0 spiro atoms. The Morgan fingerprint density at radius 3 is 2.45 bits per heavy atom. The Hall–Kier alpha value is -3.11. The highest BCUT2D eigenvalue weighted by Gasteiger charge is 2.16. The standard InChI is InChI=1S/C16H11N3O/c17-10-14(11-18)15-8-4-5-9-19(15)12-16(20)13-6-2-1-3-7-13/h1-9H,12H2. The number of ketones is 1. The molecule has 0 aromatic heterocycles. The molecule has 0 N–H and O–H groups in total. The lowest BCUT2D eigenvalue weighted by molar-refractivity contribution is 0.0967. The van der Waals surface area contributed by atoms with E-state index in [4.69, 9.17) is 10.5 Å². The van der Waals surface area contributed by atoms with E-state index in [-0.39, 0.29) is 17.9 Å². The Labute approximate surface area is 117 Å². The third-order valence-corrected chi connectivity index (χ3v) is 2.83. The summed E-state index contributed by atoms with van der Waals surface area (Å²) in [6.45, 7) is 0.0903. The Bertz CT molecular complexity index is 669. The monoisotopic (exact) mass is 261 g/mol. The third kappa shape index (κ3) is 2.82. The number of rotatable bonds is 3. The zero-order valence-electron chi connectivity index (χ0n) is 10.7. The molecule has 96 valence electrons. The van der Waals surface area contributed by atoms with E-state index in [9.17, 15) is 4.79 Å². The van der Waals surface area contributed by atoms with Crippen molar-refractivity contribution in [2.45, 2.75) is 0 Å². The van der Waals surface area contributed by atoms with Crippen LogP contribution in [0.2, 0.25) is 0 Å². The van der Waals surface area contributed by atoms with E-state index in [0.29, 0.717) is 11.3 Å². The molecule has 1 aliphatic rings. The van der Waals surface area contributed by atoms with Gasteiger partial charge in [0.2, 0.25) is 0 Å². The molecule has 0 saturated carbocycles. The maximum absolute atomic E-state index is 12.2. The molecule has 2 rings (SSSR count). The quantitative estimate of drug-likeness (QED) is 0.619. The third-order valence-electron chi connectivity index (χ3n) is 2.83. The van der Waals surface area contributed by atoms with Gasteiger partial charge >= 0.3 is 0 Å². The second-order valence-electron chi connectivity index (χ2n) is 4.10. The average Bonchev–Trinajstić information content (AvgIpc) is 2.51. The van der Waals surface area contributed by atoms with Gasteiger partial charge in [0, 0.05) is 11.8 Å². The van der Waals surface area contributed by atoms with E-state index in [2.05, 4.69) is 0 Å². The number of benzene rings is 1. The molecular formula is C16H11N3O. The molecule has 0 aliphatic carbocycles. The van der Waals surface area contributed by atoms with Crippen LogP contribution >= 0.6 is 0 Å². The average molecular weight is 261 g/mol. The molecule has 0 fully saturated rings. The summed E-state index contributed by atoms with van der Waals surface area (Å²) in [4.78, 5) is 13.8. The smallest absolute Gasteiger partial charge is 0.182 e. The van der Waals surface area contributed by atoms with Crippen LogP contribution in [0, 0.1) is 22.7 Å². The van der Waals surface area contributed by atoms with Crippen LogP contribution in [0.1, 0.15) is 10.4 Å². The Kier molecular flexibility index (Phi) is 4.11. The van der Waals surface area contributed by atoms with Crippen molar-refractivity contribution in [2.75, 3.05) is 6.54 Å². The van der Waals surface area contributed by atoms with Crippen LogP contribution in [-0.2, 0) is 0 Å². The van der Waals surface area contributed by atoms with E-state index in [0.717, 1.165) is 0 Å². The number of carbonyl (C=O) groups excluding carboxylic acids is 1. The number of nitrogens with zero attached hydrogens (tertiary/aromatic N) is 3. The van der Waals surface area contributed by atoms with Gasteiger partial charge in [0.15, 0.2) is 11.4 Å². The second-order valence-corrected chi connectivity index (χ2v) is 4.10. The molecule has 0 bridgehead atoms. The highest BCUT2D eigenvalue weighted by atomic mass is 16.1. The minimum absolute atomic E-state index is 0.00791. The van der Waals surface area contributed by atoms with Gasteiger partial charge in [-0.1, -0.05) is 36.4 Å². The number of hydrogen-bond acceptors (Lipinski definition) is 4. The highest BCUT2D eigenvalue weighted by molar-refractivity contribution is 5.97. The lowest BCUT2D eigenvalue weighted by Crippen LogP contribution is -2.26. The van der Waals surface area contributed by atoms with Gasteiger partial charge in [0.1, 0.15) is 12.1 Å². The molecule has 4 heteroatoms. The van der Waals surface area contributed by atoms with Crippen molar-refractivity contribution >= 4 is 5.78 Å². The molecule has 1 aliphatic heterocycles. The van der Waals surface area contributed by atoms with Crippen molar-refractivity contribution in [1.29, 1.82) is 10.5 Å². The van der Waals surface area contributed by atoms with Crippen molar-refractivity contribution < 1.29 is 4.79 Å². The zero-order chi connectivity index (χ0) is 14.4. The van der Waals surface area contributed by atoms with Gasteiger partial charge in [-0.25, -0.2) is 0 Å². The predicted molar refractivity (Wildman–Crippen MR) is 74.0 cm³/mol. The summed E-state index contributed by atoms with van der Waals surface area (Å²) in [5, 5.41) is 17.9. The second kappa shape index (κ2) is 6.17. The minimum atomic E-state index is -0.0710. The molecule has 0 amide bonds. The molecule has 4 nitrogen and oxygen atoms in total. The van der Waals surface area contributed by atoms with E-state index >= 15 is 0 Å². The number of allylic oxidation sites excluding steroid dienone is 4. The summed E-state index contributed by atoms with van der Waals surface area (Å²) in [6.07, 6.45) is 6.83. The predicted octanol–water partition coefficient (Wildman–Crippen LogP) is 2.56. The first kappa shape index (κ1) is 13.3. The van der Waals surface area contributed by atoms with Crippen LogP contribution in [0.15, 0.2) is 66.0 Å². The van der Waals surface area contributed by atoms with Gasteiger partial charge in [0.25, 0.3) is 0 Å². The van der Waals surface area contributed by atoms with Crippen LogP contribution < -0.4 is 0 Å². The maximum atomic E-state index is 12.2.